The van der Waals surface area contributed by atoms with Gasteiger partial charge in [0.15, 0.2) is 12.4 Å². The van der Waals surface area contributed by atoms with Crippen molar-refractivity contribution in [2.24, 2.45) is 0 Å². The molecule has 162 valence electrons. The van der Waals surface area contributed by atoms with Crippen molar-refractivity contribution in [3.63, 3.8) is 0 Å². The summed E-state index contributed by atoms with van der Waals surface area (Å²) in [5.74, 6) is 1.46. The Balaban J connectivity index is 1.26. The SMILES string of the molecule is COc1ccc(OCn2ccc(C(=O)N3CCN(Cc4cccc(C)c4)CC3)n2)cc1. The standard InChI is InChI=1S/C24H28N4O3/c1-19-4-3-5-20(16-19)17-26-12-14-27(15-13-26)24(29)23-10-11-28(25-23)18-31-22-8-6-21(30-2)7-9-22/h3-11,16H,12-15,17-18H2,1-2H3. The number of hydrogen-bond donors (Lipinski definition) is 0. The minimum Gasteiger partial charge on any atom is -0.497 e. The average Bonchev–Trinajstić information content (AvgIpc) is 3.27. The van der Waals surface area contributed by atoms with Gasteiger partial charge < -0.3 is 14.4 Å². The largest absolute Gasteiger partial charge is 0.497 e. The van der Waals surface area contributed by atoms with Crippen LogP contribution in [0.4, 0.5) is 0 Å². The summed E-state index contributed by atoms with van der Waals surface area (Å²) < 4.78 is 12.5. The summed E-state index contributed by atoms with van der Waals surface area (Å²) in [7, 11) is 1.63. The van der Waals surface area contributed by atoms with Crippen LogP contribution in [0.3, 0.4) is 0 Å². The van der Waals surface area contributed by atoms with Crippen LogP contribution >= 0.6 is 0 Å². The second kappa shape index (κ2) is 9.66. The summed E-state index contributed by atoms with van der Waals surface area (Å²) in [6, 6.07) is 17.7. The number of nitrogens with zero attached hydrogens (tertiary/aromatic N) is 4. The summed E-state index contributed by atoms with van der Waals surface area (Å²) in [5, 5.41) is 4.39. The molecular formula is C24H28N4O3. The van der Waals surface area contributed by atoms with Gasteiger partial charge in [-0.05, 0) is 42.8 Å². The first-order valence-corrected chi connectivity index (χ1v) is 10.5. The second-order valence-corrected chi connectivity index (χ2v) is 7.75. The summed E-state index contributed by atoms with van der Waals surface area (Å²) in [5.41, 5.74) is 3.04. The minimum absolute atomic E-state index is 0.0293. The molecule has 3 aromatic rings. The van der Waals surface area contributed by atoms with E-state index in [1.807, 2.05) is 29.2 Å². The number of piperazine rings is 1. The highest BCUT2D eigenvalue weighted by molar-refractivity contribution is 5.92. The molecular weight excluding hydrogens is 392 g/mol. The molecule has 1 aromatic heterocycles. The fraction of sp³-hybridized carbons (Fsp3) is 0.333. The number of hydrogen-bond acceptors (Lipinski definition) is 5. The van der Waals surface area contributed by atoms with Crippen molar-refractivity contribution in [3.8, 4) is 11.5 Å². The predicted molar refractivity (Wildman–Crippen MR) is 118 cm³/mol. The van der Waals surface area contributed by atoms with Crippen LogP contribution in [0.5, 0.6) is 11.5 Å². The van der Waals surface area contributed by atoms with Gasteiger partial charge in [0.1, 0.15) is 11.5 Å². The number of aryl methyl sites for hydroxylation is 1. The van der Waals surface area contributed by atoms with E-state index in [0.717, 1.165) is 25.4 Å². The van der Waals surface area contributed by atoms with Gasteiger partial charge in [0.05, 0.1) is 7.11 Å². The summed E-state index contributed by atoms with van der Waals surface area (Å²) in [6.45, 7) is 6.41. The van der Waals surface area contributed by atoms with E-state index in [-0.39, 0.29) is 12.6 Å². The van der Waals surface area contributed by atoms with Gasteiger partial charge in [-0.3, -0.25) is 9.69 Å². The lowest BCUT2D eigenvalue weighted by Gasteiger charge is -2.34. The van der Waals surface area contributed by atoms with Gasteiger partial charge in [0, 0.05) is 38.9 Å². The minimum atomic E-state index is -0.0293. The number of carbonyl (C=O) groups excluding carboxylic acids is 1. The molecule has 0 unspecified atom stereocenters. The van der Waals surface area contributed by atoms with Crippen LogP contribution in [-0.2, 0) is 13.3 Å². The van der Waals surface area contributed by atoms with Crippen LogP contribution < -0.4 is 9.47 Å². The van der Waals surface area contributed by atoms with Gasteiger partial charge in [0.2, 0.25) is 0 Å². The van der Waals surface area contributed by atoms with Crippen molar-refractivity contribution < 1.29 is 14.3 Å². The molecule has 0 atom stereocenters. The fourth-order valence-corrected chi connectivity index (χ4v) is 3.70. The Bertz CT molecular complexity index is 1010. The van der Waals surface area contributed by atoms with E-state index in [1.165, 1.54) is 11.1 Å². The normalized spacial score (nSPS) is 14.5. The van der Waals surface area contributed by atoms with Gasteiger partial charge in [-0.15, -0.1) is 0 Å². The van der Waals surface area contributed by atoms with Crippen molar-refractivity contribution in [2.75, 3.05) is 33.3 Å². The molecule has 0 aliphatic carbocycles. The monoisotopic (exact) mass is 420 g/mol. The molecule has 1 aliphatic heterocycles. The first-order valence-electron chi connectivity index (χ1n) is 10.5. The maximum absolute atomic E-state index is 12.8. The Kier molecular flexibility index (Phi) is 6.52. The third kappa shape index (κ3) is 5.44. The lowest BCUT2D eigenvalue weighted by atomic mass is 10.1. The van der Waals surface area contributed by atoms with E-state index in [2.05, 4.69) is 41.2 Å². The molecule has 31 heavy (non-hydrogen) atoms. The molecule has 0 bridgehead atoms. The fourth-order valence-electron chi connectivity index (χ4n) is 3.70. The van der Waals surface area contributed by atoms with Crippen molar-refractivity contribution in [1.29, 1.82) is 0 Å². The van der Waals surface area contributed by atoms with Crippen LogP contribution in [-0.4, -0.2) is 58.8 Å². The predicted octanol–water partition coefficient (Wildman–Crippen LogP) is 3.19. The van der Waals surface area contributed by atoms with Gasteiger partial charge >= 0.3 is 0 Å². The van der Waals surface area contributed by atoms with Crippen molar-refractivity contribution in [3.05, 3.63) is 77.6 Å². The van der Waals surface area contributed by atoms with Crippen LogP contribution in [0.15, 0.2) is 60.8 Å². The first-order chi connectivity index (χ1) is 15.1. The van der Waals surface area contributed by atoms with Gasteiger partial charge in [-0.25, -0.2) is 4.68 Å². The number of rotatable bonds is 7. The molecule has 1 aliphatic rings. The Morgan fingerprint density at radius 1 is 1.00 bits per heavy atom. The molecule has 2 heterocycles. The Morgan fingerprint density at radius 3 is 2.45 bits per heavy atom. The summed E-state index contributed by atoms with van der Waals surface area (Å²) in [4.78, 5) is 17.1. The molecule has 0 spiro atoms. The summed E-state index contributed by atoms with van der Waals surface area (Å²) >= 11 is 0. The van der Waals surface area contributed by atoms with E-state index in [0.29, 0.717) is 24.5 Å². The number of methoxy groups -OCH3 is 1. The highest BCUT2D eigenvalue weighted by Gasteiger charge is 2.23. The van der Waals surface area contributed by atoms with Crippen LogP contribution in [0, 0.1) is 6.92 Å². The molecule has 1 amide bonds. The smallest absolute Gasteiger partial charge is 0.274 e. The molecule has 7 nitrogen and oxygen atoms in total. The Morgan fingerprint density at radius 2 is 1.74 bits per heavy atom. The highest BCUT2D eigenvalue weighted by Crippen LogP contribution is 2.17. The quantitative estimate of drug-likeness (QED) is 0.588. The van der Waals surface area contributed by atoms with Crippen LogP contribution in [0.25, 0.3) is 0 Å². The van der Waals surface area contributed by atoms with Crippen molar-refractivity contribution in [2.45, 2.75) is 20.2 Å². The van der Waals surface area contributed by atoms with E-state index in [9.17, 15) is 4.79 Å². The highest BCUT2D eigenvalue weighted by atomic mass is 16.5. The lowest BCUT2D eigenvalue weighted by Crippen LogP contribution is -2.48. The zero-order valence-corrected chi connectivity index (χ0v) is 18.0. The maximum Gasteiger partial charge on any atom is 0.274 e. The third-order valence-corrected chi connectivity index (χ3v) is 5.43. The number of carbonyl (C=O) groups is 1. The van der Waals surface area contributed by atoms with E-state index in [4.69, 9.17) is 9.47 Å². The van der Waals surface area contributed by atoms with E-state index in [1.54, 1.807) is 24.1 Å². The molecule has 0 saturated carbocycles. The average molecular weight is 421 g/mol. The first kappa shape index (κ1) is 20.9. The zero-order valence-electron chi connectivity index (χ0n) is 18.0. The van der Waals surface area contributed by atoms with Gasteiger partial charge in [-0.1, -0.05) is 29.8 Å². The Hall–Kier alpha value is -3.32. The number of benzene rings is 2. The molecule has 1 saturated heterocycles. The zero-order chi connectivity index (χ0) is 21.6. The number of amides is 1. The molecule has 2 aromatic carbocycles. The topological polar surface area (TPSA) is 59.8 Å². The molecule has 1 fully saturated rings. The molecule has 0 radical (unpaired) electrons. The third-order valence-electron chi connectivity index (χ3n) is 5.43. The number of ether oxygens (including phenoxy) is 2. The van der Waals surface area contributed by atoms with E-state index >= 15 is 0 Å². The van der Waals surface area contributed by atoms with Crippen molar-refractivity contribution in [1.82, 2.24) is 19.6 Å². The van der Waals surface area contributed by atoms with Crippen LogP contribution in [0.2, 0.25) is 0 Å². The molecule has 0 N–H and O–H groups in total. The molecule has 4 rings (SSSR count). The van der Waals surface area contributed by atoms with E-state index < -0.39 is 0 Å². The second-order valence-electron chi connectivity index (χ2n) is 7.75. The summed E-state index contributed by atoms with van der Waals surface area (Å²) in [6.07, 6.45) is 1.77. The maximum atomic E-state index is 12.8. The van der Waals surface area contributed by atoms with Gasteiger partial charge in [0.25, 0.3) is 5.91 Å². The van der Waals surface area contributed by atoms with Gasteiger partial charge in [-0.2, -0.15) is 5.10 Å². The Labute approximate surface area is 182 Å². The van der Waals surface area contributed by atoms with Crippen LogP contribution in [0.1, 0.15) is 21.6 Å². The number of aromatic nitrogens is 2. The van der Waals surface area contributed by atoms with Crippen molar-refractivity contribution >= 4 is 5.91 Å². The molecule has 7 heteroatoms. The lowest BCUT2D eigenvalue weighted by molar-refractivity contribution is 0.0621.